The molecule has 3 heterocycles. The van der Waals surface area contributed by atoms with Crippen LogP contribution in [0.25, 0.3) is 0 Å². The van der Waals surface area contributed by atoms with Gasteiger partial charge in [-0.1, -0.05) is 60.3 Å². The maximum absolute atomic E-state index is 14.2. The summed E-state index contributed by atoms with van der Waals surface area (Å²) in [5.74, 6) is 1.25. The molecule has 296 valence electrons. The van der Waals surface area contributed by atoms with Crippen LogP contribution in [-0.4, -0.2) is 75.5 Å². The zero-order valence-electron chi connectivity index (χ0n) is 33.6. The summed E-state index contributed by atoms with van der Waals surface area (Å²) < 4.78 is 13.8. The van der Waals surface area contributed by atoms with Crippen molar-refractivity contribution >= 4 is 5.78 Å². The van der Waals surface area contributed by atoms with Crippen molar-refractivity contribution in [2.45, 2.75) is 198 Å². The molecule has 7 N–H and O–H groups in total. The van der Waals surface area contributed by atoms with Gasteiger partial charge < -0.3 is 30.1 Å². The molecular formula is C44H75N2O6+. The second kappa shape index (κ2) is 14.3. The van der Waals surface area contributed by atoms with E-state index in [1.54, 1.807) is 0 Å². The molecule has 4 aliphatic carbocycles. The quantitative estimate of drug-likeness (QED) is 0.124. The van der Waals surface area contributed by atoms with Gasteiger partial charge in [0.25, 0.3) is 0 Å². The number of piperidine rings is 1. The van der Waals surface area contributed by atoms with Gasteiger partial charge in [0, 0.05) is 24.4 Å². The smallest absolute Gasteiger partial charge is 0.159 e. The minimum atomic E-state index is -1.09. The number of aliphatic hydroxyl groups excluding tert-OH is 1. The van der Waals surface area contributed by atoms with Crippen molar-refractivity contribution in [1.82, 2.24) is 0 Å². The number of nitrogens with two attached hydrogens (primary N) is 2. The summed E-state index contributed by atoms with van der Waals surface area (Å²) in [7, 11) is 0. The van der Waals surface area contributed by atoms with Crippen LogP contribution in [-0.2, 0) is 14.3 Å². The fraction of sp³-hybridized carbons (Fsp3) is 0.932. The number of carbonyl (C=O) groups is 1. The molecule has 3 saturated heterocycles. The third-order valence-corrected chi connectivity index (χ3v) is 17.3. The Labute approximate surface area is 314 Å². The molecule has 14 atom stereocenters. The van der Waals surface area contributed by atoms with Crippen LogP contribution < -0.4 is 11.1 Å². The molecule has 0 bridgehead atoms. The molecule has 0 amide bonds. The van der Waals surface area contributed by atoms with Gasteiger partial charge in [0.15, 0.2) is 5.78 Å². The fourth-order valence-corrected chi connectivity index (χ4v) is 13.6. The molecule has 0 aromatic carbocycles. The predicted molar refractivity (Wildman–Crippen MR) is 203 cm³/mol. The zero-order chi connectivity index (χ0) is 37.3. The van der Waals surface area contributed by atoms with Gasteiger partial charge in [-0.15, -0.1) is 0 Å². The average Bonchev–Trinajstić information content (AvgIpc) is 3.87. The fourth-order valence-electron chi connectivity index (χ4n) is 13.6. The number of carbonyl (C=O) groups excluding carboxylic acids is 1. The Morgan fingerprint density at radius 1 is 1.02 bits per heavy atom. The minimum absolute atomic E-state index is 0.0463. The number of hydrogen-bond acceptors (Lipinski definition) is 7. The van der Waals surface area contributed by atoms with Gasteiger partial charge in [0.05, 0.1) is 23.9 Å². The van der Waals surface area contributed by atoms with Crippen molar-refractivity contribution in [3.8, 4) is 0 Å². The maximum Gasteiger partial charge on any atom is 0.159 e. The van der Waals surface area contributed by atoms with Crippen LogP contribution in [0.5, 0.6) is 0 Å². The SMILES string of the molecule is CCCCCC[C@]12CC[C@H](O)C[C@H]1C(=O)C=C1[C@@H]2CC[C@@]2(C)[C@@H]([C@]3([C@@H]4O[C@@H]4[C@](C)(O)C(C)(C)CCC4CC[NH2+]C(N)C4)C[C@@H](C)CCO3)CC[C@@]12O. The van der Waals surface area contributed by atoms with E-state index in [2.05, 4.69) is 39.9 Å². The van der Waals surface area contributed by atoms with Gasteiger partial charge in [-0.25, -0.2) is 0 Å². The largest absolute Gasteiger partial charge is 0.393 e. The Morgan fingerprint density at radius 2 is 1.81 bits per heavy atom. The van der Waals surface area contributed by atoms with E-state index in [1.807, 2.05) is 13.0 Å². The van der Waals surface area contributed by atoms with E-state index < -0.39 is 28.3 Å². The molecule has 0 aromatic heterocycles. The highest BCUT2D eigenvalue weighted by molar-refractivity contribution is 5.95. The van der Waals surface area contributed by atoms with E-state index in [4.69, 9.17) is 15.2 Å². The Morgan fingerprint density at radius 3 is 2.54 bits per heavy atom. The van der Waals surface area contributed by atoms with Crippen LogP contribution in [0.2, 0.25) is 0 Å². The van der Waals surface area contributed by atoms with Gasteiger partial charge >= 0.3 is 0 Å². The van der Waals surface area contributed by atoms with E-state index in [1.165, 1.54) is 25.7 Å². The normalized spacial score (nSPS) is 47.5. The van der Waals surface area contributed by atoms with Crippen molar-refractivity contribution in [3.63, 3.8) is 0 Å². The highest BCUT2D eigenvalue weighted by Crippen LogP contribution is 2.71. The summed E-state index contributed by atoms with van der Waals surface area (Å²) in [6, 6.07) is 0. The number of rotatable bonds is 12. The second-order valence-electron chi connectivity index (χ2n) is 20.5. The molecule has 0 aromatic rings. The number of hydrogen-bond donors (Lipinski definition) is 5. The Kier molecular flexibility index (Phi) is 10.8. The molecule has 6 fully saturated rings. The zero-order valence-corrected chi connectivity index (χ0v) is 33.6. The first-order valence-corrected chi connectivity index (χ1v) is 21.8. The molecule has 52 heavy (non-hydrogen) atoms. The van der Waals surface area contributed by atoms with Crippen molar-refractivity contribution in [2.75, 3.05) is 13.2 Å². The van der Waals surface area contributed by atoms with Crippen molar-refractivity contribution in [1.29, 1.82) is 0 Å². The maximum atomic E-state index is 14.2. The molecule has 8 heteroatoms. The number of epoxide rings is 1. The number of aliphatic hydroxyl groups is 3. The average molecular weight is 728 g/mol. The van der Waals surface area contributed by atoms with Crippen LogP contribution >= 0.6 is 0 Å². The summed E-state index contributed by atoms with van der Waals surface area (Å²) in [6.07, 6.45) is 18.3. The highest BCUT2D eigenvalue weighted by Gasteiger charge is 2.75. The monoisotopic (exact) mass is 728 g/mol. The summed E-state index contributed by atoms with van der Waals surface area (Å²) in [6.45, 7) is 15.0. The van der Waals surface area contributed by atoms with Crippen LogP contribution in [0, 0.1) is 45.8 Å². The molecule has 0 radical (unpaired) electrons. The van der Waals surface area contributed by atoms with Crippen molar-refractivity contribution < 1.29 is 34.9 Å². The topological polar surface area (TPSA) is 142 Å². The van der Waals surface area contributed by atoms with E-state index in [0.29, 0.717) is 31.3 Å². The Balaban J connectivity index is 1.16. The molecule has 3 aliphatic heterocycles. The van der Waals surface area contributed by atoms with Crippen LogP contribution in [0.1, 0.15) is 157 Å². The molecular weight excluding hydrogens is 652 g/mol. The summed E-state index contributed by atoms with van der Waals surface area (Å²) in [4.78, 5) is 14.2. The van der Waals surface area contributed by atoms with E-state index in [-0.39, 0.29) is 52.7 Å². The lowest BCUT2D eigenvalue weighted by atomic mass is 9.44. The third-order valence-electron chi connectivity index (χ3n) is 17.3. The molecule has 7 rings (SSSR count). The van der Waals surface area contributed by atoms with Crippen molar-refractivity contribution in [3.05, 3.63) is 11.6 Å². The number of quaternary nitrogens is 1. The first-order valence-electron chi connectivity index (χ1n) is 21.8. The number of ether oxygens (including phenoxy) is 2. The summed E-state index contributed by atoms with van der Waals surface area (Å²) >= 11 is 0. The summed E-state index contributed by atoms with van der Waals surface area (Å²) in [5.41, 5.74) is 3.53. The number of unbranched alkanes of at least 4 members (excludes halogenated alkanes) is 3. The van der Waals surface area contributed by atoms with Crippen LogP contribution in [0.15, 0.2) is 11.6 Å². The molecule has 0 spiro atoms. The first kappa shape index (κ1) is 39.4. The lowest BCUT2D eigenvalue weighted by Gasteiger charge is -2.62. The molecule has 7 aliphatic rings. The molecule has 8 nitrogen and oxygen atoms in total. The lowest BCUT2D eigenvalue weighted by molar-refractivity contribution is -0.699. The summed E-state index contributed by atoms with van der Waals surface area (Å²) in [5, 5.41) is 38.7. The predicted octanol–water partition coefficient (Wildman–Crippen LogP) is 5.94. The van der Waals surface area contributed by atoms with Gasteiger partial charge in [0.1, 0.15) is 24.0 Å². The van der Waals surface area contributed by atoms with Crippen LogP contribution in [0.4, 0.5) is 0 Å². The molecule has 3 saturated carbocycles. The van der Waals surface area contributed by atoms with E-state index >= 15 is 0 Å². The number of ketones is 1. The number of fused-ring (bicyclic) bond motifs is 5. The first-order chi connectivity index (χ1) is 24.5. The lowest BCUT2D eigenvalue weighted by Crippen LogP contribution is -2.94. The van der Waals surface area contributed by atoms with E-state index in [9.17, 15) is 20.1 Å². The third kappa shape index (κ3) is 6.33. The van der Waals surface area contributed by atoms with Gasteiger partial charge in [0.2, 0.25) is 0 Å². The Hall–Kier alpha value is -0.870. The number of allylic oxidation sites excluding steroid dienone is 1. The van der Waals surface area contributed by atoms with Gasteiger partial charge in [-0.05, 0) is 137 Å². The van der Waals surface area contributed by atoms with Gasteiger partial charge in [-0.3, -0.25) is 10.5 Å². The van der Waals surface area contributed by atoms with Gasteiger partial charge in [-0.2, -0.15) is 0 Å². The second-order valence-corrected chi connectivity index (χ2v) is 20.5. The minimum Gasteiger partial charge on any atom is -0.393 e. The van der Waals surface area contributed by atoms with Crippen molar-refractivity contribution in [2.24, 2.45) is 51.6 Å². The Bertz CT molecular complexity index is 1350. The van der Waals surface area contributed by atoms with Crippen LogP contribution in [0.3, 0.4) is 0 Å². The standard InChI is InChI=1S/C44H74N2O6/c1-7-8-9-10-17-42-20-12-30(47)25-33(42)34(48)26-32-31(42)13-19-40(5)35(14-21-44(32,40)50)43(27-28(2)16-23-51-43)38-37(52-38)41(6,49)39(3,4)18-11-29-15-22-46-36(45)24-29/h26,28-31,33,35-38,46-47,49-50H,7-25,27,45H2,1-6H3/p+1/t28-,29?,30-,31-,33-,35-,36?,37-,38+,40-,41-,42+,43-,44+/m0/s1. The molecule has 2 unspecified atom stereocenters. The highest BCUT2D eigenvalue weighted by atomic mass is 16.6. The van der Waals surface area contributed by atoms with E-state index in [0.717, 1.165) is 89.2 Å².